The number of anilines is 1. The van der Waals surface area contributed by atoms with Crippen LogP contribution < -0.4 is 5.73 Å². The van der Waals surface area contributed by atoms with Crippen molar-refractivity contribution >= 4 is 34.9 Å². The van der Waals surface area contributed by atoms with E-state index in [1.807, 2.05) is 0 Å². The molecule has 0 aliphatic rings. The maximum absolute atomic E-state index is 11.6. The number of carbonyl (C=O) groups is 1. The Morgan fingerprint density at radius 1 is 1.28 bits per heavy atom. The number of carbonyl (C=O) groups excluding carboxylic acids is 1. The van der Waals surface area contributed by atoms with E-state index in [9.17, 15) is 4.79 Å². The standard InChI is InChI=1S/C11H13Cl2NO4/c12-8-5-7(6-9(14)10(8)13)11(16)18-4-3-17-2-1-15/h5-6,15H,1-4,14H2. The van der Waals surface area contributed by atoms with Gasteiger partial charge in [0, 0.05) is 0 Å². The molecule has 0 spiro atoms. The average molecular weight is 294 g/mol. The molecule has 0 saturated heterocycles. The summed E-state index contributed by atoms with van der Waals surface area (Å²) in [6.45, 7) is 0.427. The van der Waals surface area contributed by atoms with Gasteiger partial charge in [-0.3, -0.25) is 0 Å². The number of aliphatic hydroxyl groups excluding tert-OH is 1. The first kappa shape index (κ1) is 15.0. The van der Waals surface area contributed by atoms with E-state index in [1.165, 1.54) is 12.1 Å². The van der Waals surface area contributed by atoms with Gasteiger partial charge in [-0.1, -0.05) is 23.2 Å². The molecule has 0 radical (unpaired) electrons. The number of nitrogens with two attached hydrogens (primary N) is 1. The minimum absolute atomic E-state index is 0.0722. The molecule has 0 bridgehead atoms. The summed E-state index contributed by atoms with van der Waals surface area (Å²) in [4.78, 5) is 11.6. The van der Waals surface area contributed by atoms with Crippen molar-refractivity contribution in [2.24, 2.45) is 0 Å². The zero-order chi connectivity index (χ0) is 13.5. The maximum Gasteiger partial charge on any atom is 0.338 e. The SMILES string of the molecule is Nc1cc(C(=O)OCCOCCO)cc(Cl)c1Cl. The lowest BCUT2D eigenvalue weighted by molar-refractivity contribution is 0.0258. The van der Waals surface area contributed by atoms with Crippen molar-refractivity contribution in [3.8, 4) is 0 Å². The van der Waals surface area contributed by atoms with Crippen molar-refractivity contribution in [1.29, 1.82) is 0 Å². The molecule has 0 saturated carbocycles. The van der Waals surface area contributed by atoms with Crippen LogP contribution in [0.25, 0.3) is 0 Å². The third kappa shape index (κ3) is 4.34. The van der Waals surface area contributed by atoms with Gasteiger partial charge in [-0.2, -0.15) is 0 Å². The summed E-state index contributed by atoms with van der Waals surface area (Å²) in [5.41, 5.74) is 6.02. The normalized spacial score (nSPS) is 10.4. The number of hydrogen-bond donors (Lipinski definition) is 2. The molecule has 0 atom stereocenters. The summed E-state index contributed by atoms with van der Waals surface area (Å²) in [7, 11) is 0. The van der Waals surface area contributed by atoms with E-state index >= 15 is 0 Å². The van der Waals surface area contributed by atoms with E-state index in [0.29, 0.717) is 0 Å². The monoisotopic (exact) mass is 293 g/mol. The van der Waals surface area contributed by atoms with Gasteiger partial charge < -0.3 is 20.3 Å². The van der Waals surface area contributed by atoms with Gasteiger partial charge in [0.1, 0.15) is 6.61 Å². The molecule has 0 fully saturated rings. The van der Waals surface area contributed by atoms with Gasteiger partial charge in [0.05, 0.1) is 41.1 Å². The van der Waals surface area contributed by atoms with Crippen LogP contribution >= 0.6 is 23.2 Å². The maximum atomic E-state index is 11.6. The first-order valence-electron chi connectivity index (χ1n) is 5.16. The van der Waals surface area contributed by atoms with Crippen LogP contribution in [0, 0.1) is 0 Å². The van der Waals surface area contributed by atoms with E-state index < -0.39 is 5.97 Å². The number of esters is 1. The molecule has 0 aromatic heterocycles. The average Bonchev–Trinajstić information content (AvgIpc) is 2.34. The van der Waals surface area contributed by atoms with Crippen LogP contribution in [0.4, 0.5) is 5.69 Å². The van der Waals surface area contributed by atoms with Gasteiger partial charge in [-0.05, 0) is 12.1 Å². The molecule has 1 rings (SSSR count). The Bertz CT molecular complexity index is 402. The van der Waals surface area contributed by atoms with Crippen LogP contribution in [-0.2, 0) is 9.47 Å². The molecule has 1 aromatic rings. The molecule has 0 heterocycles. The molecule has 3 N–H and O–H groups in total. The molecule has 0 aliphatic carbocycles. The summed E-state index contributed by atoms with van der Waals surface area (Å²) in [5.74, 6) is -0.562. The van der Waals surface area contributed by atoms with E-state index in [-0.39, 0.29) is 47.7 Å². The second kappa shape index (κ2) is 7.43. The molecule has 18 heavy (non-hydrogen) atoms. The zero-order valence-electron chi connectivity index (χ0n) is 9.49. The summed E-state index contributed by atoms with van der Waals surface area (Å²) >= 11 is 11.6. The largest absolute Gasteiger partial charge is 0.460 e. The minimum Gasteiger partial charge on any atom is -0.460 e. The first-order valence-corrected chi connectivity index (χ1v) is 5.92. The Hall–Kier alpha value is -1.01. The van der Waals surface area contributed by atoms with Crippen LogP contribution in [0.1, 0.15) is 10.4 Å². The molecular weight excluding hydrogens is 281 g/mol. The molecule has 100 valence electrons. The fraction of sp³-hybridized carbons (Fsp3) is 0.364. The van der Waals surface area contributed by atoms with Crippen LogP contribution in [0.5, 0.6) is 0 Å². The quantitative estimate of drug-likeness (QED) is 0.474. The molecule has 7 heteroatoms. The van der Waals surface area contributed by atoms with Gasteiger partial charge >= 0.3 is 5.97 Å². The lowest BCUT2D eigenvalue weighted by Crippen LogP contribution is -2.12. The number of ether oxygens (including phenoxy) is 2. The number of halogens is 2. The van der Waals surface area contributed by atoms with Crippen LogP contribution in [-0.4, -0.2) is 37.5 Å². The molecule has 1 aromatic carbocycles. The van der Waals surface area contributed by atoms with Crippen molar-refractivity contribution in [2.75, 3.05) is 32.2 Å². The van der Waals surface area contributed by atoms with Gasteiger partial charge in [-0.15, -0.1) is 0 Å². The molecule has 0 unspecified atom stereocenters. The summed E-state index contributed by atoms with van der Waals surface area (Å²) < 4.78 is 9.86. The summed E-state index contributed by atoms with van der Waals surface area (Å²) in [6.07, 6.45) is 0. The van der Waals surface area contributed by atoms with E-state index in [4.69, 9.17) is 43.5 Å². The lowest BCUT2D eigenvalue weighted by atomic mass is 10.2. The molecule has 5 nitrogen and oxygen atoms in total. The van der Waals surface area contributed by atoms with Crippen LogP contribution in [0.2, 0.25) is 10.0 Å². The molecule has 0 amide bonds. The highest BCUT2D eigenvalue weighted by molar-refractivity contribution is 6.43. The Morgan fingerprint density at radius 3 is 2.61 bits per heavy atom. The van der Waals surface area contributed by atoms with E-state index in [2.05, 4.69) is 0 Å². The minimum atomic E-state index is -0.562. The van der Waals surface area contributed by atoms with E-state index in [1.54, 1.807) is 0 Å². The Kier molecular flexibility index (Phi) is 6.21. The van der Waals surface area contributed by atoms with Crippen molar-refractivity contribution in [1.82, 2.24) is 0 Å². The third-order valence-electron chi connectivity index (χ3n) is 1.99. The lowest BCUT2D eigenvalue weighted by Gasteiger charge is -2.07. The smallest absolute Gasteiger partial charge is 0.338 e. The predicted molar refractivity (Wildman–Crippen MR) is 69.1 cm³/mol. The van der Waals surface area contributed by atoms with Crippen LogP contribution in [0.15, 0.2) is 12.1 Å². The van der Waals surface area contributed by atoms with Gasteiger partial charge in [-0.25, -0.2) is 4.79 Å². The second-order valence-electron chi connectivity index (χ2n) is 3.33. The molecule has 0 aliphatic heterocycles. The Morgan fingerprint density at radius 2 is 2.00 bits per heavy atom. The van der Waals surface area contributed by atoms with Crippen molar-refractivity contribution in [3.63, 3.8) is 0 Å². The van der Waals surface area contributed by atoms with Crippen molar-refractivity contribution in [2.45, 2.75) is 0 Å². The Balaban J connectivity index is 2.52. The highest BCUT2D eigenvalue weighted by Crippen LogP contribution is 2.29. The summed E-state index contributed by atoms with van der Waals surface area (Å²) in [6, 6.07) is 2.78. The topological polar surface area (TPSA) is 81.8 Å². The second-order valence-corrected chi connectivity index (χ2v) is 4.12. The zero-order valence-corrected chi connectivity index (χ0v) is 11.0. The first-order chi connectivity index (χ1) is 8.56. The van der Waals surface area contributed by atoms with Gasteiger partial charge in [0.25, 0.3) is 0 Å². The summed E-state index contributed by atoms with van der Waals surface area (Å²) in [5, 5.41) is 8.87. The number of hydrogen-bond acceptors (Lipinski definition) is 5. The fourth-order valence-electron chi connectivity index (χ4n) is 1.17. The van der Waals surface area contributed by atoms with Crippen LogP contribution in [0.3, 0.4) is 0 Å². The highest BCUT2D eigenvalue weighted by atomic mass is 35.5. The van der Waals surface area contributed by atoms with Gasteiger partial charge in [0.15, 0.2) is 0 Å². The third-order valence-corrected chi connectivity index (χ3v) is 2.81. The fourth-order valence-corrected chi connectivity index (χ4v) is 1.51. The van der Waals surface area contributed by atoms with E-state index in [0.717, 1.165) is 0 Å². The highest BCUT2D eigenvalue weighted by Gasteiger charge is 2.12. The van der Waals surface area contributed by atoms with Crippen molar-refractivity contribution < 1.29 is 19.4 Å². The van der Waals surface area contributed by atoms with Crippen molar-refractivity contribution in [3.05, 3.63) is 27.7 Å². The predicted octanol–water partition coefficient (Wildman–Crippen LogP) is 1.74. The Labute approximate surface area is 114 Å². The number of rotatable bonds is 6. The van der Waals surface area contributed by atoms with Gasteiger partial charge in [0.2, 0.25) is 0 Å². The number of aliphatic hydroxyl groups is 1. The molecular formula is C11H13Cl2NO4. The number of nitrogen functional groups attached to an aromatic ring is 1. The number of benzene rings is 1.